The van der Waals surface area contributed by atoms with Gasteiger partial charge in [-0.15, -0.1) is 0 Å². The van der Waals surface area contributed by atoms with E-state index in [-0.39, 0.29) is 28.2 Å². The Bertz CT molecular complexity index is 676. The van der Waals surface area contributed by atoms with Gasteiger partial charge >= 0.3 is 0 Å². The SMILES string of the molecule is COCCOCCCNC(=O)c1ccc(OC)c(S(=O)(=O)NC(C)C)c1. The molecule has 0 bridgehead atoms. The van der Waals surface area contributed by atoms with Crippen molar-refractivity contribution in [3.05, 3.63) is 23.8 Å². The lowest BCUT2D eigenvalue weighted by atomic mass is 10.2. The van der Waals surface area contributed by atoms with Crippen molar-refractivity contribution in [3.63, 3.8) is 0 Å². The summed E-state index contributed by atoms with van der Waals surface area (Å²) in [6.45, 7) is 5.39. The first kappa shape index (κ1) is 22.4. The fourth-order valence-corrected chi connectivity index (χ4v) is 3.57. The second kappa shape index (κ2) is 11.1. The highest BCUT2D eigenvalue weighted by Gasteiger charge is 2.22. The van der Waals surface area contributed by atoms with Crippen molar-refractivity contribution in [2.75, 3.05) is 40.6 Å². The van der Waals surface area contributed by atoms with Crippen LogP contribution in [0.25, 0.3) is 0 Å². The first-order valence-electron chi connectivity index (χ1n) is 8.37. The maximum absolute atomic E-state index is 12.4. The molecule has 0 aliphatic carbocycles. The average Bonchev–Trinajstić information content (AvgIpc) is 2.59. The van der Waals surface area contributed by atoms with Gasteiger partial charge in [0.1, 0.15) is 10.6 Å². The topological polar surface area (TPSA) is 103 Å². The van der Waals surface area contributed by atoms with E-state index in [9.17, 15) is 13.2 Å². The van der Waals surface area contributed by atoms with Crippen molar-refractivity contribution in [1.29, 1.82) is 0 Å². The molecular formula is C17H28N2O6S. The molecule has 1 amide bonds. The lowest BCUT2D eigenvalue weighted by molar-refractivity contribution is 0.0688. The second-order valence-electron chi connectivity index (χ2n) is 5.86. The number of sulfonamides is 1. The molecule has 0 fully saturated rings. The molecule has 1 aromatic rings. The van der Waals surface area contributed by atoms with Gasteiger partial charge in [-0.2, -0.15) is 0 Å². The van der Waals surface area contributed by atoms with E-state index in [0.29, 0.717) is 32.8 Å². The largest absolute Gasteiger partial charge is 0.495 e. The highest BCUT2D eigenvalue weighted by molar-refractivity contribution is 7.89. The molecule has 9 heteroatoms. The molecule has 8 nitrogen and oxygen atoms in total. The number of carbonyl (C=O) groups is 1. The Morgan fingerprint density at radius 2 is 1.88 bits per heavy atom. The first-order valence-corrected chi connectivity index (χ1v) is 9.85. The Kier molecular flexibility index (Phi) is 9.57. The third-order valence-electron chi connectivity index (χ3n) is 3.29. The van der Waals surface area contributed by atoms with Crippen LogP contribution in [0.5, 0.6) is 5.75 Å². The molecule has 0 aromatic heterocycles. The zero-order valence-corrected chi connectivity index (χ0v) is 16.5. The molecule has 0 aliphatic heterocycles. The lowest BCUT2D eigenvalue weighted by Gasteiger charge is -2.14. The summed E-state index contributed by atoms with van der Waals surface area (Å²) >= 11 is 0. The van der Waals surface area contributed by atoms with Crippen LogP contribution >= 0.6 is 0 Å². The van der Waals surface area contributed by atoms with Gasteiger partial charge in [0.15, 0.2) is 0 Å². The van der Waals surface area contributed by atoms with E-state index in [1.54, 1.807) is 21.0 Å². The molecule has 0 saturated carbocycles. The second-order valence-corrected chi connectivity index (χ2v) is 7.54. The van der Waals surface area contributed by atoms with Crippen molar-refractivity contribution in [2.24, 2.45) is 0 Å². The van der Waals surface area contributed by atoms with Gasteiger partial charge in [0.05, 0.1) is 20.3 Å². The number of ether oxygens (including phenoxy) is 3. The van der Waals surface area contributed by atoms with Gasteiger partial charge in [-0.05, 0) is 38.5 Å². The quantitative estimate of drug-likeness (QED) is 0.521. The lowest BCUT2D eigenvalue weighted by Crippen LogP contribution is -2.31. The van der Waals surface area contributed by atoms with E-state index < -0.39 is 10.0 Å². The summed E-state index contributed by atoms with van der Waals surface area (Å²) < 4.78 is 42.6. The van der Waals surface area contributed by atoms with Crippen LogP contribution in [0.2, 0.25) is 0 Å². The molecule has 2 N–H and O–H groups in total. The minimum Gasteiger partial charge on any atom is -0.495 e. The van der Waals surface area contributed by atoms with Crippen LogP contribution < -0.4 is 14.8 Å². The van der Waals surface area contributed by atoms with Crippen LogP contribution in [0.4, 0.5) is 0 Å². The van der Waals surface area contributed by atoms with Crippen molar-refractivity contribution in [2.45, 2.75) is 31.2 Å². The molecule has 0 radical (unpaired) electrons. The fourth-order valence-electron chi connectivity index (χ4n) is 2.12. The number of hydrogen-bond acceptors (Lipinski definition) is 6. The summed E-state index contributed by atoms with van der Waals surface area (Å²) in [7, 11) is -0.800. The third kappa shape index (κ3) is 7.28. The minimum atomic E-state index is -3.78. The molecule has 0 saturated heterocycles. The monoisotopic (exact) mass is 388 g/mol. The van der Waals surface area contributed by atoms with Crippen LogP contribution in [0, 0.1) is 0 Å². The first-order chi connectivity index (χ1) is 12.3. The van der Waals surface area contributed by atoms with E-state index in [1.807, 2.05) is 0 Å². The van der Waals surface area contributed by atoms with Crippen molar-refractivity contribution >= 4 is 15.9 Å². The van der Waals surface area contributed by atoms with Crippen LogP contribution in [-0.4, -0.2) is 61.0 Å². The Hall–Kier alpha value is -1.68. The van der Waals surface area contributed by atoms with Gasteiger partial charge < -0.3 is 19.5 Å². The van der Waals surface area contributed by atoms with Crippen molar-refractivity contribution < 1.29 is 27.4 Å². The molecule has 26 heavy (non-hydrogen) atoms. The van der Waals surface area contributed by atoms with Gasteiger partial charge in [-0.3, -0.25) is 4.79 Å². The molecular weight excluding hydrogens is 360 g/mol. The van der Waals surface area contributed by atoms with E-state index in [2.05, 4.69) is 10.0 Å². The molecule has 1 rings (SSSR count). The summed E-state index contributed by atoms with van der Waals surface area (Å²) in [5, 5.41) is 2.74. The average molecular weight is 388 g/mol. The zero-order chi connectivity index (χ0) is 19.6. The number of hydrogen-bond donors (Lipinski definition) is 2. The van der Waals surface area contributed by atoms with Crippen LogP contribution in [0.1, 0.15) is 30.6 Å². The van der Waals surface area contributed by atoms with Gasteiger partial charge in [0.2, 0.25) is 10.0 Å². The Morgan fingerprint density at radius 1 is 1.15 bits per heavy atom. The minimum absolute atomic E-state index is 0.0655. The predicted molar refractivity (Wildman–Crippen MR) is 98.1 cm³/mol. The Morgan fingerprint density at radius 3 is 2.50 bits per heavy atom. The molecule has 148 valence electrons. The third-order valence-corrected chi connectivity index (χ3v) is 4.97. The summed E-state index contributed by atoms with van der Waals surface area (Å²) in [6, 6.07) is 4.03. The van der Waals surface area contributed by atoms with Crippen LogP contribution in [-0.2, 0) is 19.5 Å². The summed E-state index contributed by atoms with van der Waals surface area (Å²) in [5.74, 6) is -0.174. The number of rotatable bonds is 12. The molecule has 0 heterocycles. The number of amides is 1. The number of nitrogens with one attached hydrogen (secondary N) is 2. The van der Waals surface area contributed by atoms with Gasteiger partial charge in [-0.25, -0.2) is 13.1 Å². The smallest absolute Gasteiger partial charge is 0.251 e. The Labute approximate surface area is 155 Å². The molecule has 0 aliphatic rings. The maximum Gasteiger partial charge on any atom is 0.251 e. The summed E-state index contributed by atoms with van der Waals surface area (Å²) in [5.41, 5.74) is 0.246. The van der Waals surface area contributed by atoms with E-state index in [0.717, 1.165) is 0 Å². The molecule has 0 spiro atoms. The Balaban J connectivity index is 2.72. The normalized spacial score (nSPS) is 11.6. The predicted octanol–water partition coefficient (Wildman–Crippen LogP) is 1.16. The van der Waals surface area contributed by atoms with Gasteiger partial charge in [-0.1, -0.05) is 0 Å². The van der Waals surface area contributed by atoms with Crippen LogP contribution in [0.15, 0.2) is 23.1 Å². The molecule has 1 aromatic carbocycles. The molecule has 0 unspecified atom stereocenters. The fraction of sp³-hybridized carbons (Fsp3) is 0.588. The van der Waals surface area contributed by atoms with Crippen molar-refractivity contribution in [3.8, 4) is 5.75 Å². The number of carbonyl (C=O) groups excluding carboxylic acids is 1. The van der Waals surface area contributed by atoms with E-state index in [4.69, 9.17) is 14.2 Å². The summed E-state index contributed by atoms with van der Waals surface area (Å²) in [6.07, 6.45) is 0.645. The summed E-state index contributed by atoms with van der Waals surface area (Å²) in [4.78, 5) is 12.2. The van der Waals surface area contributed by atoms with Crippen LogP contribution in [0.3, 0.4) is 0 Å². The number of benzene rings is 1. The number of methoxy groups -OCH3 is 2. The van der Waals surface area contributed by atoms with E-state index in [1.165, 1.54) is 25.3 Å². The molecule has 0 atom stereocenters. The highest BCUT2D eigenvalue weighted by atomic mass is 32.2. The zero-order valence-electron chi connectivity index (χ0n) is 15.7. The van der Waals surface area contributed by atoms with Crippen molar-refractivity contribution in [1.82, 2.24) is 10.0 Å². The van der Waals surface area contributed by atoms with Gasteiger partial charge in [0.25, 0.3) is 5.91 Å². The standard InChI is InChI=1S/C17H28N2O6S/c1-13(2)19-26(21,22)16-12-14(6-7-15(16)24-4)17(20)18-8-5-9-25-11-10-23-3/h6-7,12-13,19H,5,8-11H2,1-4H3,(H,18,20). The highest BCUT2D eigenvalue weighted by Crippen LogP contribution is 2.25. The van der Waals surface area contributed by atoms with E-state index >= 15 is 0 Å². The van der Waals surface area contributed by atoms with Gasteiger partial charge in [0, 0.05) is 31.9 Å². The maximum atomic E-state index is 12.4.